The Morgan fingerprint density at radius 1 is 0.963 bits per heavy atom. The lowest BCUT2D eigenvalue weighted by molar-refractivity contribution is 0.247. The predicted octanol–water partition coefficient (Wildman–Crippen LogP) is 3.98. The van der Waals surface area contributed by atoms with Gasteiger partial charge in [0.05, 0.1) is 12.8 Å². The molecule has 2 heterocycles. The van der Waals surface area contributed by atoms with E-state index in [0.29, 0.717) is 5.89 Å². The van der Waals surface area contributed by atoms with E-state index < -0.39 is 0 Å². The van der Waals surface area contributed by atoms with Crippen LogP contribution in [0.25, 0.3) is 11.5 Å². The largest absolute Gasteiger partial charge is 0.497 e. The smallest absolute Gasteiger partial charge is 0.226 e. The van der Waals surface area contributed by atoms with Crippen molar-refractivity contribution >= 4 is 5.69 Å². The molecule has 4 rings (SSSR count). The maximum absolute atomic E-state index is 5.68. The van der Waals surface area contributed by atoms with Gasteiger partial charge in [0, 0.05) is 44.0 Å². The summed E-state index contributed by atoms with van der Waals surface area (Å²) in [7, 11) is 1.70. The first kappa shape index (κ1) is 17.6. The molecule has 0 radical (unpaired) electrons. The van der Waals surface area contributed by atoms with Gasteiger partial charge in [-0.2, -0.15) is 0 Å². The molecule has 1 fully saturated rings. The van der Waals surface area contributed by atoms with E-state index in [1.54, 1.807) is 13.4 Å². The van der Waals surface area contributed by atoms with Gasteiger partial charge in [-0.25, -0.2) is 4.98 Å². The van der Waals surface area contributed by atoms with Crippen LogP contribution in [-0.4, -0.2) is 43.2 Å². The zero-order valence-electron chi connectivity index (χ0n) is 15.9. The molecule has 0 aliphatic carbocycles. The third-order valence-corrected chi connectivity index (χ3v) is 5.05. The first-order chi connectivity index (χ1) is 13.2. The molecular weight excluding hydrogens is 338 g/mol. The average molecular weight is 363 g/mol. The Morgan fingerprint density at radius 3 is 2.33 bits per heavy atom. The summed E-state index contributed by atoms with van der Waals surface area (Å²) in [6.07, 6.45) is 1.78. The van der Waals surface area contributed by atoms with E-state index in [2.05, 4.69) is 58.1 Å². The third-order valence-electron chi connectivity index (χ3n) is 5.05. The molecule has 1 aromatic heterocycles. The van der Waals surface area contributed by atoms with Crippen molar-refractivity contribution in [3.63, 3.8) is 0 Å². The van der Waals surface area contributed by atoms with Gasteiger partial charge < -0.3 is 14.1 Å². The maximum atomic E-state index is 5.68. The Hall–Kier alpha value is -2.79. The van der Waals surface area contributed by atoms with Crippen molar-refractivity contribution in [3.05, 3.63) is 66.1 Å². The summed E-state index contributed by atoms with van der Waals surface area (Å²) in [5, 5.41) is 0. The van der Waals surface area contributed by atoms with Gasteiger partial charge in [0.25, 0.3) is 0 Å². The minimum absolute atomic E-state index is 0.696. The van der Waals surface area contributed by atoms with Gasteiger partial charge in [-0.3, -0.25) is 4.90 Å². The van der Waals surface area contributed by atoms with E-state index in [1.807, 2.05) is 12.1 Å². The van der Waals surface area contributed by atoms with Crippen molar-refractivity contribution in [1.82, 2.24) is 9.88 Å². The number of hydrogen-bond acceptors (Lipinski definition) is 5. The molecule has 0 saturated carbocycles. The fraction of sp³-hybridized carbons (Fsp3) is 0.318. The van der Waals surface area contributed by atoms with Crippen LogP contribution in [0.4, 0.5) is 5.69 Å². The first-order valence-corrected chi connectivity index (χ1v) is 9.34. The van der Waals surface area contributed by atoms with Crippen LogP contribution < -0.4 is 9.64 Å². The molecular formula is C22H25N3O2. The molecule has 1 aliphatic heterocycles. The van der Waals surface area contributed by atoms with Crippen LogP contribution >= 0.6 is 0 Å². The Bertz CT molecular complexity index is 863. The van der Waals surface area contributed by atoms with Crippen LogP contribution in [0.3, 0.4) is 0 Å². The first-order valence-electron chi connectivity index (χ1n) is 9.34. The van der Waals surface area contributed by atoms with Crippen LogP contribution in [0.15, 0.2) is 59.2 Å². The Morgan fingerprint density at radius 2 is 1.67 bits per heavy atom. The molecule has 27 heavy (non-hydrogen) atoms. The second-order valence-electron chi connectivity index (χ2n) is 6.97. The third kappa shape index (κ3) is 4.14. The minimum Gasteiger partial charge on any atom is -0.497 e. The molecule has 3 aromatic rings. The number of oxazole rings is 1. The Kier molecular flexibility index (Phi) is 5.12. The van der Waals surface area contributed by atoms with E-state index in [9.17, 15) is 0 Å². The van der Waals surface area contributed by atoms with Crippen molar-refractivity contribution in [2.24, 2.45) is 0 Å². The Labute approximate surface area is 160 Å². The van der Waals surface area contributed by atoms with Gasteiger partial charge in [-0.1, -0.05) is 17.7 Å². The lowest BCUT2D eigenvalue weighted by atomic mass is 10.1. The molecule has 140 valence electrons. The predicted molar refractivity (Wildman–Crippen MR) is 107 cm³/mol. The summed E-state index contributed by atoms with van der Waals surface area (Å²) in [6.45, 7) is 6.95. The summed E-state index contributed by atoms with van der Waals surface area (Å²) in [6, 6.07) is 16.6. The van der Waals surface area contributed by atoms with E-state index >= 15 is 0 Å². The summed E-state index contributed by atoms with van der Waals surface area (Å²) in [5.41, 5.74) is 4.50. The highest BCUT2D eigenvalue weighted by atomic mass is 16.5. The second-order valence-corrected chi connectivity index (χ2v) is 6.97. The summed E-state index contributed by atoms with van der Waals surface area (Å²) < 4.78 is 10.9. The number of benzene rings is 2. The number of aryl methyl sites for hydroxylation is 1. The van der Waals surface area contributed by atoms with Crippen molar-refractivity contribution in [2.45, 2.75) is 13.5 Å². The molecule has 0 atom stereocenters. The fourth-order valence-corrected chi connectivity index (χ4v) is 3.39. The van der Waals surface area contributed by atoms with Crippen molar-refractivity contribution in [3.8, 4) is 17.2 Å². The maximum Gasteiger partial charge on any atom is 0.226 e. The van der Waals surface area contributed by atoms with Gasteiger partial charge in [0.1, 0.15) is 12.0 Å². The van der Waals surface area contributed by atoms with Crippen LogP contribution in [0, 0.1) is 6.92 Å². The molecule has 0 bridgehead atoms. The van der Waals surface area contributed by atoms with Crippen LogP contribution in [-0.2, 0) is 6.54 Å². The normalized spacial score (nSPS) is 15.1. The second kappa shape index (κ2) is 7.84. The highest BCUT2D eigenvalue weighted by Crippen LogP contribution is 2.22. The standard InChI is InChI=1S/C22H25N3O2/c1-17-3-5-18(6-4-17)22-23-19(16-27-22)15-24-11-13-25(14-12-24)20-7-9-21(26-2)10-8-20/h3-10,16H,11-15H2,1-2H3. The van der Waals surface area contributed by atoms with Gasteiger partial charge in [0.15, 0.2) is 0 Å². The van der Waals surface area contributed by atoms with Gasteiger partial charge in [0.2, 0.25) is 5.89 Å². The highest BCUT2D eigenvalue weighted by Gasteiger charge is 2.19. The zero-order chi connectivity index (χ0) is 18.6. The molecule has 2 aromatic carbocycles. The van der Waals surface area contributed by atoms with E-state index in [4.69, 9.17) is 9.15 Å². The Balaban J connectivity index is 1.33. The summed E-state index contributed by atoms with van der Waals surface area (Å²) >= 11 is 0. The van der Waals surface area contributed by atoms with Crippen LogP contribution in [0.2, 0.25) is 0 Å². The zero-order valence-corrected chi connectivity index (χ0v) is 15.9. The molecule has 0 spiro atoms. The number of ether oxygens (including phenoxy) is 1. The van der Waals surface area contributed by atoms with E-state index in [1.165, 1.54) is 11.3 Å². The topological polar surface area (TPSA) is 41.7 Å². The monoisotopic (exact) mass is 363 g/mol. The number of anilines is 1. The molecule has 0 N–H and O–H groups in total. The minimum atomic E-state index is 0.696. The SMILES string of the molecule is COc1ccc(N2CCN(Cc3coc(-c4ccc(C)cc4)n3)CC2)cc1. The van der Waals surface area contributed by atoms with Crippen molar-refractivity contribution < 1.29 is 9.15 Å². The molecule has 5 nitrogen and oxygen atoms in total. The lowest BCUT2D eigenvalue weighted by Gasteiger charge is -2.35. The van der Waals surface area contributed by atoms with Crippen LogP contribution in [0.5, 0.6) is 5.75 Å². The molecule has 0 amide bonds. The number of rotatable bonds is 5. The summed E-state index contributed by atoms with van der Waals surface area (Å²) in [4.78, 5) is 9.51. The fourth-order valence-electron chi connectivity index (χ4n) is 3.39. The van der Waals surface area contributed by atoms with Crippen molar-refractivity contribution in [1.29, 1.82) is 0 Å². The van der Waals surface area contributed by atoms with E-state index in [0.717, 1.165) is 49.7 Å². The lowest BCUT2D eigenvalue weighted by Crippen LogP contribution is -2.46. The molecule has 5 heteroatoms. The number of aromatic nitrogens is 1. The quantitative estimate of drug-likeness (QED) is 0.686. The molecule has 1 aliphatic rings. The van der Waals surface area contributed by atoms with Gasteiger partial charge in [-0.05, 0) is 43.3 Å². The average Bonchev–Trinajstić information content (AvgIpc) is 3.18. The van der Waals surface area contributed by atoms with Gasteiger partial charge in [-0.15, -0.1) is 0 Å². The molecule has 1 saturated heterocycles. The number of hydrogen-bond donors (Lipinski definition) is 0. The van der Waals surface area contributed by atoms with Crippen LogP contribution in [0.1, 0.15) is 11.3 Å². The van der Waals surface area contributed by atoms with E-state index in [-0.39, 0.29) is 0 Å². The molecule has 0 unspecified atom stereocenters. The van der Waals surface area contributed by atoms with Crippen molar-refractivity contribution in [2.75, 3.05) is 38.2 Å². The number of nitrogens with zero attached hydrogens (tertiary/aromatic N) is 3. The van der Waals surface area contributed by atoms with Gasteiger partial charge >= 0.3 is 0 Å². The summed E-state index contributed by atoms with van der Waals surface area (Å²) in [5.74, 6) is 1.59. The highest BCUT2D eigenvalue weighted by molar-refractivity contribution is 5.53. The number of methoxy groups -OCH3 is 1. The number of piperazine rings is 1.